The summed E-state index contributed by atoms with van der Waals surface area (Å²) in [6, 6.07) is 1.89. The lowest BCUT2D eigenvalue weighted by molar-refractivity contribution is -0.385. The van der Waals surface area contributed by atoms with Crippen molar-refractivity contribution in [1.82, 2.24) is 5.32 Å². The second-order valence-corrected chi connectivity index (χ2v) is 3.57. The summed E-state index contributed by atoms with van der Waals surface area (Å²) in [4.78, 5) is 21.2. The number of benzene rings is 1. The van der Waals surface area contributed by atoms with E-state index in [0.29, 0.717) is 6.54 Å². The molecule has 0 saturated carbocycles. The monoisotopic (exact) mass is 271 g/mol. The summed E-state index contributed by atoms with van der Waals surface area (Å²) >= 11 is 0. The van der Waals surface area contributed by atoms with Gasteiger partial charge in [0, 0.05) is 12.6 Å². The summed E-state index contributed by atoms with van der Waals surface area (Å²) in [7, 11) is 1.24. The Morgan fingerprint density at radius 2 is 2.21 bits per heavy atom. The van der Waals surface area contributed by atoms with E-state index < -0.39 is 16.4 Å². The predicted molar refractivity (Wildman–Crippen MR) is 66.8 cm³/mol. The van der Waals surface area contributed by atoms with Gasteiger partial charge in [-0.05, 0) is 6.92 Å². The van der Waals surface area contributed by atoms with E-state index in [1.807, 2.05) is 0 Å². The summed E-state index contributed by atoms with van der Waals surface area (Å²) in [5.41, 5.74) is -0.503. The average Bonchev–Trinajstić information content (AvgIpc) is 2.37. The lowest BCUT2D eigenvalue weighted by atomic mass is 10.2. The number of nitro groups is 1. The third-order valence-electron chi connectivity index (χ3n) is 2.28. The molecule has 0 bridgehead atoms. The van der Waals surface area contributed by atoms with E-state index in [4.69, 9.17) is 4.74 Å². The number of halogens is 1. The number of amides is 1. The van der Waals surface area contributed by atoms with Crippen molar-refractivity contribution < 1.29 is 18.8 Å². The highest BCUT2D eigenvalue weighted by atomic mass is 19.1. The van der Waals surface area contributed by atoms with Crippen molar-refractivity contribution in [3.8, 4) is 5.75 Å². The minimum absolute atomic E-state index is 0.0336. The van der Waals surface area contributed by atoms with E-state index >= 15 is 0 Å². The van der Waals surface area contributed by atoms with Crippen LogP contribution in [0.5, 0.6) is 5.75 Å². The summed E-state index contributed by atoms with van der Waals surface area (Å²) < 4.78 is 18.4. The van der Waals surface area contributed by atoms with Crippen molar-refractivity contribution in [2.75, 3.05) is 25.5 Å². The van der Waals surface area contributed by atoms with Gasteiger partial charge < -0.3 is 15.4 Å². The highest BCUT2D eigenvalue weighted by molar-refractivity contribution is 5.80. The summed E-state index contributed by atoms with van der Waals surface area (Å²) in [5.74, 6) is -1.21. The molecule has 0 heterocycles. The number of methoxy groups -OCH3 is 1. The van der Waals surface area contributed by atoms with Gasteiger partial charge in [-0.3, -0.25) is 14.9 Å². The van der Waals surface area contributed by atoms with Crippen LogP contribution in [0.4, 0.5) is 15.8 Å². The van der Waals surface area contributed by atoms with Crippen LogP contribution in [-0.4, -0.2) is 31.0 Å². The van der Waals surface area contributed by atoms with Crippen molar-refractivity contribution in [2.24, 2.45) is 0 Å². The van der Waals surface area contributed by atoms with Gasteiger partial charge in [-0.25, -0.2) is 4.39 Å². The first kappa shape index (κ1) is 14.7. The number of likely N-dealkylation sites (N-methyl/N-ethyl adjacent to an activating group) is 1. The third-order valence-corrected chi connectivity index (χ3v) is 2.28. The molecule has 1 aromatic rings. The van der Waals surface area contributed by atoms with Crippen LogP contribution < -0.4 is 15.4 Å². The number of carbonyl (C=O) groups excluding carboxylic acids is 1. The van der Waals surface area contributed by atoms with Crippen LogP contribution in [-0.2, 0) is 4.79 Å². The van der Waals surface area contributed by atoms with E-state index in [0.717, 1.165) is 12.1 Å². The molecule has 0 aliphatic carbocycles. The van der Waals surface area contributed by atoms with Crippen LogP contribution in [0.2, 0.25) is 0 Å². The predicted octanol–water partition coefficient (Wildman–Crippen LogP) is 1.29. The Balaban J connectivity index is 2.90. The number of ether oxygens (including phenoxy) is 1. The number of nitro benzene ring substituents is 1. The van der Waals surface area contributed by atoms with Gasteiger partial charge in [0.1, 0.15) is 0 Å². The van der Waals surface area contributed by atoms with Gasteiger partial charge in [-0.2, -0.15) is 0 Å². The molecule has 19 heavy (non-hydrogen) atoms. The van der Waals surface area contributed by atoms with Crippen LogP contribution in [0.25, 0.3) is 0 Å². The van der Waals surface area contributed by atoms with Gasteiger partial charge in [0.05, 0.1) is 30.3 Å². The van der Waals surface area contributed by atoms with Gasteiger partial charge >= 0.3 is 5.69 Å². The standard InChI is InChI=1S/C11H14FN3O4/c1-3-13-11(16)6-14-8-5-10(19-2)9(15(17)18)4-7(8)12/h4-5,14H,3,6H2,1-2H3,(H,13,16). The Hall–Kier alpha value is -2.38. The lowest BCUT2D eigenvalue weighted by Crippen LogP contribution is -2.29. The zero-order valence-electron chi connectivity index (χ0n) is 10.5. The number of nitrogens with one attached hydrogen (secondary N) is 2. The molecular weight excluding hydrogens is 257 g/mol. The number of anilines is 1. The van der Waals surface area contributed by atoms with E-state index in [-0.39, 0.29) is 23.9 Å². The van der Waals surface area contributed by atoms with Gasteiger partial charge in [0.25, 0.3) is 0 Å². The Labute approximate surface area is 108 Å². The fourth-order valence-electron chi connectivity index (χ4n) is 1.42. The summed E-state index contributed by atoms with van der Waals surface area (Å²) in [6.45, 7) is 2.09. The molecule has 104 valence electrons. The van der Waals surface area contributed by atoms with Crippen molar-refractivity contribution in [3.63, 3.8) is 0 Å². The zero-order valence-corrected chi connectivity index (χ0v) is 10.5. The molecule has 1 amide bonds. The van der Waals surface area contributed by atoms with Crippen molar-refractivity contribution >= 4 is 17.3 Å². The van der Waals surface area contributed by atoms with Crippen molar-refractivity contribution in [2.45, 2.75) is 6.92 Å². The van der Waals surface area contributed by atoms with Gasteiger partial charge in [0.15, 0.2) is 11.6 Å². The highest BCUT2D eigenvalue weighted by Gasteiger charge is 2.19. The largest absolute Gasteiger partial charge is 0.490 e. The quantitative estimate of drug-likeness (QED) is 0.600. The highest BCUT2D eigenvalue weighted by Crippen LogP contribution is 2.32. The minimum Gasteiger partial charge on any atom is -0.490 e. The second-order valence-electron chi connectivity index (χ2n) is 3.57. The Morgan fingerprint density at radius 3 is 2.74 bits per heavy atom. The number of rotatable bonds is 6. The lowest BCUT2D eigenvalue weighted by Gasteiger charge is -2.09. The van der Waals surface area contributed by atoms with Crippen LogP contribution >= 0.6 is 0 Å². The third kappa shape index (κ3) is 3.80. The number of carbonyl (C=O) groups is 1. The Bertz CT molecular complexity index is 493. The van der Waals surface area contributed by atoms with Crippen molar-refractivity contribution in [1.29, 1.82) is 0 Å². The maximum atomic E-state index is 13.6. The molecule has 0 aliphatic rings. The van der Waals surface area contributed by atoms with Crippen LogP contribution in [0.1, 0.15) is 6.92 Å². The first-order valence-corrected chi connectivity index (χ1v) is 5.52. The van der Waals surface area contributed by atoms with Gasteiger partial charge in [0.2, 0.25) is 5.91 Å². The molecule has 2 N–H and O–H groups in total. The zero-order chi connectivity index (χ0) is 14.4. The maximum absolute atomic E-state index is 13.6. The molecule has 8 heteroatoms. The molecule has 0 spiro atoms. The number of hydrogen-bond acceptors (Lipinski definition) is 5. The number of hydrogen-bond donors (Lipinski definition) is 2. The Kier molecular flexibility index (Phi) is 5.04. The molecule has 0 atom stereocenters. The van der Waals surface area contributed by atoms with Crippen LogP contribution in [0.15, 0.2) is 12.1 Å². The van der Waals surface area contributed by atoms with Gasteiger partial charge in [-0.15, -0.1) is 0 Å². The molecule has 0 aromatic heterocycles. The first-order valence-electron chi connectivity index (χ1n) is 5.52. The first-order chi connectivity index (χ1) is 8.99. The molecule has 0 unspecified atom stereocenters. The molecule has 1 aromatic carbocycles. The van der Waals surface area contributed by atoms with Crippen LogP contribution in [0, 0.1) is 15.9 Å². The van der Waals surface area contributed by atoms with E-state index in [2.05, 4.69) is 10.6 Å². The number of nitrogens with zero attached hydrogens (tertiary/aromatic N) is 1. The smallest absolute Gasteiger partial charge is 0.313 e. The molecule has 7 nitrogen and oxygen atoms in total. The SMILES string of the molecule is CCNC(=O)CNc1cc(OC)c([N+](=O)[O-])cc1F. The fraction of sp³-hybridized carbons (Fsp3) is 0.364. The second kappa shape index (κ2) is 6.53. The molecule has 0 radical (unpaired) electrons. The molecule has 0 fully saturated rings. The van der Waals surface area contributed by atoms with Crippen LogP contribution in [0.3, 0.4) is 0 Å². The average molecular weight is 271 g/mol. The molecule has 1 rings (SSSR count). The Morgan fingerprint density at radius 1 is 1.53 bits per heavy atom. The molecular formula is C11H14FN3O4. The minimum atomic E-state index is -0.822. The molecule has 0 saturated heterocycles. The maximum Gasteiger partial charge on any atom is 0.313 e. The summed E-state index contributed by atoms with van der Waals surface area (Å²) in [5, 5.41) is 15.7. The molecule has 0 aliphatic heterocycles. The van der Waals surface area contributed by atoms with Gasteiger partial charge in [-0.1, -0.05) is 0 Å². The van der Waals surface area contributed by atoms with Crippen molar-refractivity contribution in [3.05, 3.63) is 28.1 Å². The normalized spacial score (nSPS) is 9.84. The van der Waals surface area contributed by atoms with E-state index in [1.165, 1.54) is 7.11 Å². The van der Waals surface area contributed by atoms with E-state index in [1.54, 1.807) is 6.92 Å². The fourth-order valence-corrected chi connectivity index (χ4v) is 1.42. The summed E-state index contributed by atoms with van der Waals surface area (Å²) in [6.07, 6.45) is 0. The topological polar surface area (TPSA) is 93.5 Å². The van der Waals surface area contributed by atoms with E-state index in [9.17, 15) is 19.3 Å².